The van der Waals surface area contributed by atoms with Gasteiger partial charge in [0.25, 0.3) is 0 Å². The lowest BCUT2D eigenvalue weighted by Gasteiger charge is -2.28. The highest BCUT2D eigenvalue weighted by Gasteiger charge is 2.36. The molecule has 2 amide bonds. The van der Waals surface area contributed by atoms with Crippen molar-refractivity contribution in [2.75, 3.05) is 13.1 Å². The van der Waals surface area contributed by atoms with Crippen LogP contribution in [-0.2, 0) is 15.1 Å². The molecule has 1 saturated carbocycles. The number of hydrogen-bond donors (Lipinski definition) is 2. The zero-order valence-corrected chi connectivity index (χ0v) is 15.0. The van der Waals surface area contributed by atoms with Crippen molar-refractivity contribution in [3.8, 4) is 0 Å². The fraction of sp³-hybridized carbons (Fsp3) is 0.600. The Balaban J connectivity index is 1.55. The number of amides is 2. The molecule has 3 N–H and O–H groups in total. The Kier molecular flexibility index (Phi) is 5.42. The molecule has 0 bridgehead atoms. The quantitative estimate of drug-likeness (QED) is 0.880. The third kappa shape index (κ3) is 4.03. The molecule has 1 aromatic carbocycles. The van der Waals surface area contributed by atoms with Crippen LogP contribution in [0.25, 0.3) is 0 Å². The maximum atomic E-state index is 12.7. The first-order valence-corrected chi connectivity index (χ1v) is 9.42. The highest BCUT2D eigenvalue weighted by atomic mass is 16.2. The third-order valence-corrected chi connectivity index (χ3v) is 5.63. The van der Waals surface area contributed by atoms with Crippen LogP contribution in [0.3, 0.4) is 0 Å². The Bertz CT molecular complexity index is 609. The second kappa shape index (κ2) is 7.56. The van der Waals surface area contributed by atoms with Gasteiger partial charge in [-0.2, -0.15) is 0 Å². The zero-order valence-electron chi connectivity index (χ0n) is 15.0. The monoisotopic (exact) mass is 343 g/mol. The van der Waals surface area contributed by atoms with E-state index in [4.69, 9.17) is 5.73 Å². The summed E-state index contributed by atoms with van der Waals surface area (Å²) < 4.78 is 0. The molecule has 5 nitrogen and oxygen atoms in total. The first-order chi connectivity index (χ1) is 12.0. The molecule has 1 saturated heterocycles. The van der Waals surface area contributed by atoms with Crippen molar-refractivity contribution in [3.63, 3.8) is 0 Å². The molecule has 1 heterocycles. The number of hydrogen-bond acceptors (Lipinski definition) is 3. The Morgan fingerprint density at radius 3 is 2.48 bits per heavy atom. The summed E-state index contributed by atoms with van der Waals surface area (Å²) >= 11 is 0. The molecule has 3 rings (SSSR count). The fourth-order valence-electron chi connectivity index (χ4n) is 3.94. The van der Waals surface area contributed by atoms with E-state index in [-0.39, 0.29) is 23.8 Å². The molecule has 0 radical (unpaired) electrons. The Morgan fingerprint density at radius 2 is 1.80 bits per heavy atom. The standard InChI is InChI=1S/C20H29N3O2/c1-20(21,16-10-6-3-7-11-16)19(25)22-17-12-13-23(14-17)18(24)15-8-4-2-5-9-15/h3,6-7,10-11,15,17H,2,4-5,8-9,12-14,21H2,1H3,(H,22,25). The fourth-order valence-corrected chi connectivity index (χ4v) is 3.94. The van der Waals surface area contributed by atoms with Gasteiger partial charge in [0.15, 0.2) is 0 Å². The number of benzene rings is 1. The predicted octanol–water partition coefficient (Wildman–Crippen LogP) is 2.16. The average molecular weight is 343 g/mol. The van der Waals surface area contributed by atoms with Crippen molar-refractivity contribution >= 4 is 11.8 Å². The molecule has 2 aliphatic rings. The van der Waals surface area contributed by atoms with Crippen molar-refractivity contribution in [2.24, 2.45) is 11.7 Å². The largest absolute Gasteiger partial charge is 0.350 e. The van der Waals surface area contributed by atoms with Gasteiger partial charge in [-0.1, -0.05) is 49.6 Å². The highest BCUT2D eigenvalue weighted by Crippen LogP contribution is 2.27. The van der Waals surface area contributed by atoms with E-state index < -0.39 is 5.54 Å². The first-order valence-electron chi connectivity index (χ1n) is 9.42. The maximum Gasteiger partial charge on any atom is 0.244 e. The summed E-state index contributed by atoms with van der Waals surface area (Å²) in [5, 5.41) is 3.05. The van der Waals surface area contributed by atoms with Crippen molar-refractivity contribution in [2.45, 2.75) is 57.0 Å². The van der Waals surface area contributed by atoms with E-state index in [0.29, 0.717) is 6.54 Å². The summed E-state index contributed by atoms with van der Waals surface area (Å²) in [7, 11) is 0. The number of nitrogens with zero attached hydrogens (tertiary/aromatic N) is 1. The lowest BCUT2D eigenvalue weighted by atomic mass is 9.88. The number of carbonyl (C=O) groups is 2. The van der Waals surface area contributed by atoms with Gasteiger partial charge in [0.05, 0.1) is 0 Å². The SMILES string of the molecule is CC(N)(C(=O)NC1CCN(C(=O)C2CCCCC2)C1)c1ccccc1. The molecule has 0 spiro atoms. The Labute approximate surface area is 150 Å². The summed E-state index contributed by atoms with van der Waals surface area (Å²) in [6.07, 6.45) is 6.40. The van der Waals surface area contributed by atoms with Gasteiger partial charge in [0.1, 0.15) is 5.54 Å². The van der Waals surface area contributed by atoms with Crippen molar-refractivity contribution < 1.29 is 9.59 Å². The molecule has 5 heteroatoms. The van der Waals surface area contributed by atoms with Crippen LogP contribution < -0.4 is 11.1 Å². The van der Waals surface area contributed by atoms with Crippen LogP contribution >= 0.6 is 0 Å². The Morgan fingerprint density at radius 1 is 1.12 bits per heavy atom. The molecule has 25 heavy (non-hydrogen) atoms. The second-order valence-electron chi connectivity index (χ2n) is 7.65. The summed E-state index contributed by atoms with van der Waals surface area (Å²) in [6.45, 7) is 3.07. The Hall–Kier alpha value is -1.88. The van der Waals surface area contributed by atoms with E-state index >= 15 is 0 Å². The van der Waals surface area contributed by atoms with Gasteiger partial charge in [-0.15, -0.1) is 0 Å². The number of carbonyl (C=O) groups excluding carboxylic acids is 2. The van der Waals surface area contributed by atoms with Gasteiger partial charge < -0.3 is 16.0 Å². The van der Waals surface area contributed by atoms with E-state index in [0.717, 1.165) is 44.2 Å². The van der Waals surface area contributed by atoms with E-state index in [1.54, 1.807) is 6.92 Å². The van der Waals surface area contributed by atoms with E-state index in [9.17, 15) is 9.59 Å². The van der Waals surface area contributed by atoms with E-state index in [1.807, 2.05) is 35.2 Å². The minimum Gasteiger partial charge on any atom is -0.350 e. The van der Waals surface area contributed by atoms with Crippen LogP contribution in [0.1, 0.15) is 51.0 Å². The lowest BCUT2D eigenvalue weighted by molar-refractivity contribution is -0.136. The molecule has 1 aromatic rings. The molecule has 2 atom stereocenters. The van der Waals surface area contributed by atoms with Gasteiger partial charge in [-0.05, 0) is 31.7 Å². The van der Waals surface area contributed by atoms with Crippen LogP contribution in [0, 0.1) is 5.92 Å². The molecule has 1 aliphatic heterocycles. The summed E-state index contributed by atoms with van der Waals surface area (Å²) in [6, 6.07) is 9.40. The predicted molar refractivity (Wildman–Crippen MR) is 97.7 cm³/mol. The molecule has 2 fully saturated rings. The van der Waals surface area contributed by atoms with Gasteiger partial charge >= 0.3 is 0 Å². The third-order valence-electron chi connectivity index (χ3n) is 5.63. The van der Waals surface area contributed by atoms with Crippen molar-refractivity contribution in [3.05, 3.63) is 35.9 Å². The van der Waals surface area contributed by atoms with Gasteiger partial charge in [0, 0.05) is 25.0 Å². The van der Waals surface area contributed by atoms with E-state index in [2.05, 4.69) is 5.32 Å². The maximum absolute atomic E-state index is 12.7. The average Bonchev–Trinajstić information content (AvgIpc) is 3.11. The minimum absolute atomic E-state index is 0.00775. The summed E-state index contributed by atoms with van der Waals surface area (Å²) in [5.41, 5.74) is 6.00. The van der Waals surface area contributed by atoms with Crippen molar-refractivity contribution in [1.29, 1.82) is 0 Å². The molecule has 0 aromatic heterocycles. The summed E-state index contributed by atoms with van der Waals surface area (Å²) in [5.74, 6) is 0.276. The lowest BCUT2D eigenvalue weighted by Crippen LogP contribution is -2.52. The molecule has 2 unspecified atom stereocenters. The normalized spacial score (nSPS) is 23.9. The molecular formula is C20H29N3O2. The van der Waals surface area contributed by atoms with Crippen LogP contribution in [-0.4, -0.2) is 35.8 Å². The number of rotatable bonds is 4. The molecule has 1 aliphatic carbocycles. The van der Waals surface area contributed by atoms with Crippen molar-refractivity contribution in [1.82, 2.24) is 10.2 Å². The molecule has 136 valence electrons. The first kappa shape index (κ1) is 17.9. The second-order valence-corrected chi connectivity index (χ2v) is 7.65. The van der Waals surface area contributed by atoms with Gasteiger partial charge in [-0.3, -0.25) is 9.59 Å². The molecular weight excluding hydrogens is 314 g/mol. The van der Waals surface area contributed by atoms with Gasteiger partial charge in [0.2, 0.25) is 11.8 Å². The van der Waals surface area contributed by atoms with Crippen LogP contribution in [0.4, 0.5) is 0 Å². The summed E-state index contributed by atoms with van der Waals surface area (Å²) in [4.78, 5) is 27.2. The van der Waals surface area contributed by atoms with Crippen LogP contribution in [0.5, 0.6) is 0 Å². The van der Waals surface area contributed by atoms with Crippen LogP contribution in [0.15, 0.2) is 30.3 Å². The number of nitrogens with two attached hydrogens (primary N) is 1. The number of likely N-dealkylation sites (tertiary alicyclic amines) is 1. The number of nitrogens with one attached hydrogen (secondary N) is 1. The van der Waals surface area contributed by atoms with Gasteiger partial charge in [-0.25, -0.2) is 0 Å². The van der Waals surface area contributed by atoms with Crippen LogP contribution in [0.2, 0.25) is 0 Å². The zero-order chi connectivity index (χ0) is 17.9. The topological polar surface area (TPSA) is 75.4 Å². The highest BCUT2D eigenvalue weighted by molar-refractivity contribution is 5.87. The minimum atomic E-state index is -1.07. The smallest absolute Gasteiger partial charge is 0.244 e. The van der Waals surface area contributed by atoms with E-state index in [1.165, 1.54) is 6.42 Å².